The molecule has 6 nitrogen and oxygen atoms in total. The standard InChI is InChI=1S/C20H26N4O2/c1-14-18(12-21-20(26)19-10-7-11-23(19)16(3)25)15(2)24(22-14)13-17-8-5-4-6-9-17/h4-6,8-9,19H,7,10-13H2,1-3H3,(H,21,26). The largest absolute Gasteiger partial charge is 0.350 e. The molecular formula is C20H26N4O2. The minimum Gasteiger partial charge on any atom is -0.350 e. The van der Waals surface area contributed by atoms with E-state index >= 15 is 0 Å². The van der Waals surface area contributed by atoms with E-state index < -0.39 is 0 Å². The maximum absolute atomic E-state index is 12.5. The summed E-state index contributed by atoms with van der Waals surface area (Å²) in [4.78, 5) is 25.8. The van der Waals surface area contributed by atoms with Gasteiger partial charge in [-0.2, -0.15) is 5.10 Å². The van der Waals surface area contributed by atoms with Gasteiger partial charge in [0, 0.05) is 31.3 Å². The van der Waals surface area contributed by atoms with Crippen LogP contribution in [0.1, 0.15) is 42.3 Å². The lowest BCUT2D eigenvalue weighted by atomic mass is 10.1. The maximum atomic E-state index is 12.5. The molecular weight excluding hydrogens is 328 g/mol. The summed E-state index contributed by atoms with van der Waals surface area (Å²) in [5.74, 6) is -0.113. The quantitative estimate of drug-likeness (QED) is 0.895. The number of carbonyl (C=O) groups is 2. The Labute approximate surface area is 154 Å². The molecule has 6 heteroatoms. The van der Waals surface area contributed by atoms with Crippen LogP contribution in [0.25, 0.3) is 0 Å². The smallest absolute Gasteiger partial charge is 0.243 e. The van der Waals surface area contributed by atoms with E-state index in [9.17, 15) is 9.59 Å². The number of hydrogen-bond acceptors (Lipinski definition) is 3. The maximum Gasteiger partial charge on any atom is 0.243 e. The van der Waals surface area contributed by atoms with E-state index in [0.29, 0.717) is 19.6 Å². The van der Waals surface area contributed by atoms with Crippen molar-refractivity contribution in [2.24, 2.45) is 0 Å². The normalized spacial score (nSPS) is 16.7. The van der Waals surface area contributed by atoms with Crippen molar-refractivity contribution in [2.75, 3.05) is 6.54 Å². The molecule has 2 heterocycles. The first kappa shape index (κ1) is 18.2. The second-order valence-electron chi connectivity index (χ2n) is 6.88. The number of aryl methyl sites for hydroxylation is 1. The minimum absolute atomic E-state index is 0.0364. The first-order chi connectivity index (χ1) is 12.5. The van der Waals surface area contributed by atoms with Crippen LogP contribution in [0.15, 0.2) is 30.3 Å². The van der Waals surface area contributed by atoms with Gasteiger partial charge in [-0.15, -0.1) is 0 Å². The highest BCUT2D eigenvalue weighted by Gasteiger charge is 2.32. The molecule has 1 atom stereocenters. The minimum atomic E-state index is -0.340. The first-order valence-electron chi connectivity index (χ1n) is 9.09. The van der Waals surface area contributed by atoms with Gasteiger partial charge in [-0.25, -0.2) is 0 Å². The van der Waals surface area contributed by atoms with E-state index in [0.717, 1.165) is 29.8 Å². The third kappa shape index (κ3) is 3.79. The lowest BCUT2D eigenvalue weighted by Crippen LogP contribution is -2.45. The Morgan fingerprint density at radius 2 is 1.96 bits per heavy atom. The molecule has 3 rings (SSSR count). The number of benzene rings is 1. The highest BCUT2D eigenvalue weighted by atomic mass is 16.2. The Bertz CT molecular complexity index is 798. The monoisotopic (exact) mass is 354 g/mol. The summed E-state index contributed by atoms with van der Waals surface area (Å²) in [6, 6.07) is 9.85. The number of nitrogens with one attached hydrogen (secondary N) is 1. The van der Waals surface area contributed by atoms with Gasteiger partial charge in [0.15, 0.2) is 0 Å². The highest BCUT2D eigenvalue weighted by Crippen LogP contribution is 2.19. The zero-order chi connectivity index (χ0) is 18.7. The predicted octanol–water partition coefficient (Wildman–Crippen LogP) is 2.18. The molecule has 1 fully saturated rings. The Balaban J connectivity index is 1.67. The van der Waals surface area contributed by atoms with Crippen LogP contribution in [0.2, 0.25) is 0 Å². The summed E-state index contributed by atoms with van der Waals surface area (Å²) < 4.78 is 1.98. The molecule has 1 aromatic carbocycles. The zero-order valence-corrected chi connectivity index (χ0v) is 15.7. The fourth-order valence-electron chi connectivity index (χ4n) is 3.61. The molecule has 138 valence electrons. The summed E-state index contributed by atoms with van der Waals surface area (Å²) in [5.41, 5.74) is 4.22. The zero-order valence-electron chi connectivity index (χ0n) is 15.7. The van der Waals surface area contributed by atoms with Gasteiger partial charge in [-0.1, -0.05) is 30.3 Å². The van der Waals surface area contributed by atoms with E-state index in [2.05, 4.69) is 22.5 Å². The Morgan fingerprint density at radius 3 is 2.65 bits per heavy atom. The molecule has 1 aliphatic heterocycles. The van der Waals surface area contributed by atoms with Gasteiger partial charge >= 0.3 is 0 Å². The van der Waals surface area contributed by atoms with Crippen molar-refractivity contribution in [1.82, 2.24) is 20.0 Å². The van der Waals surface area contributed by atoms with Crippen LogP contribution in [0.4, 0.5) is 0 Å². The van der Waals surface area contributed by atoms with Crippen molar-refractivity contribution < 1.29 is 9.59 Å². The molecule has 0 bridgehead atoms. The fraction of sp³-hybridized carbons (Fsp3) is 0.450. The lowest BCUT2D eigenvalue weighted by Gasteiger charge is -2.22. The Morgan fingerprint density at radius 1 is 1.23 bits per heavy atom. The molecule has 1 saturated heterocycles. The number of rotatable bonds is 5. The van der Waals surface area contributed by atoms with E-state index in [1.165, 1.54) is 12.5 Å². The molecule has 0 aliphatic carbocycles. The lowest BCUT2D eigenvalue weighted by molar-refractivity contribution is -0.136. The van der Waals surface area contributed by atoms with Crippen molar-refractivity contribution in [3.63, 3.8) is 0 Å². The number of likely N-dealkylation sites (tertiary alicyclic amines) is 1. The summed E-state index contributed by atoms with van der Waals surface area (Å²) in [6.07, 6.45) is 1.61. The Hall–Kier alpha value is -2.63. The van der Waals surface area contributed by atoms with Crippen LogP contribution in [-0.4, -0.2) is 39.1 Å². The first-order valence-corrected chi connectivity index (χ1v) is 9.09. The van der Waals surface area contributed by atoms with Crippen molar-refractivity contribution >= 4 is 11.8 Å². The molecule has 1 aliphatic rings. The third-order valence-corrected chi connectivity index (χ3v) is 5.11. The molecule has 0 spiro atoms. The number of nitrogens with zero attached hydrogens (tertiary/aromatic N) is 3. The number of aromatic nitrogens is 2. The van der Waals surface area contributed by atoms with Crippen molar-refractivity contribution in [1.29, 1.82) is 0 Å². The van der Waals surface area contributed by atoms with Crippen LogP contribution in [0.3, 0.4) is 0 Å². The van der Waals surface area contributed by atoms with Crippen LogP contribution in [0.5, 0.6) is 0 Å². The summed E-state index contributed by atoms with van der Waals surface area (Å²) >= 11 is 0. The molecule has 2 aromatic rings. The average molecular weight is 354 g/mol. The molecule has 1 unspecified atom stereocenters. The van der Waals surface area contributed by atoms with Crippen molar-refractivity contribution in [2.45, 2.75) is 52.7 Å². The van der Waals surface area contributed by atoms with Gasteiger partial charge in [-0.05, 0) is 32.3 Å². The van der Waals surface area contributed by atoms with Gasteiger partial charge < -0.3 is 10.2 Å². The van der Waals surface area contributed by atoms with E-state index in [4.69, 9.17) is 0 Å². The van der Waals surface area contributed by atoms with Gasteiger partial charge in [0.1, 0.15) is 6.04 Å². The topological polar surface area (TPSA) is 67.2 Å². The van der Waals surface area contributed by atoms with E-state index in [-0.39, 0.29) is 17.9 Å². The molecule has 0 radical (unpaired) electrons. The van der Waals surface area contributed by atoms with Crippen LogP contribution in [-0.2, 0) is 22.7 Å². The number of amides is 2. The Kier molecular flexibility index (Phi) is 5.40. The molecule has 26 heavy (non-hydrogen) atoms. The molecule has 1 N–H and O–H groups in total. The molecule has 2 amide bonds. The fourth-order valence-corrected chi connectivity index (χ4v) is 3.61. The van der Waals surface area contributed by atoms with Crippen molar-refractivity contribution in [3.05, 3.63) is 52.8 Å². The summed E-state index contributed by atoms with van der Waals surface area (Å²) in [7, 11) is 0. The highest BCUT2D eigenvalue weighted by molar-refractivity contribution is 5.87. The van der Waals surface area contributed by atoms with Crippen molar-refractivity contribution in [3.8, 4) is 0 Å². The third-order valence-electron chi connectivity index (χ3n) is 5.11. The summed E-state index contributed by atoms with van der Waals surface area (Å²) in [6.45, 7) is 7.33. The predicted molar refractivity (Wildman–Crippen MR) is 99.5 cm³/mol. The second-order valence-corrected chi connectivity index (χ2v) is 6.88. The molecule has 0 saturated carbocycles. The average Bonchev–Trinajstić information content (AvgIpc) is 3.20. The van der Waals surface area contributed by atoms with E-state index in [1.807, 2.05) is 36.7 Å². The van der Waals surface area contributed by atoms with Gasteiger partial charge in [0.2, 0.25) is 11.8 Å². The van der Waals surface area contributed by atoms with Gasteiger partial charge in [0.05, 0.1) is 12.2 Å². The summed E-state index contributed by atoms with van der Waals surface area (Å²) in [5, 5.41) is 7.62. The van der Waals surface area contributed by atoms with Gasteiger partial charge in [-0.3, -0.25) is 14.3 Å². The number of hydrogen-bond donors (Lipinski definition) is 1. The second kappa shape index (κ2) is 7.72. The number of carbonyl (C=O) groups excluding carboxylic acids is 2. The SMILES string of the molecule is CC(=O)N1CCCC1C(=O)NCc1c(C)nn(Cc2ccccc2)c1C. The van der Waals surface area contributed by atoms with E-state index in [1.54, 1.807) is 4.90 Å². The van der Waals surface area contributed by atoms with Crippen LogP contribution < -0.4 is 5.32 Å². The van der Waals surface area contributed by atoms with Crippen LogP contribution in [0, 0.1) is 13.8 Å². The molecule has 1 aromatic heterocycles. The van der Waals surface area contributed by atoms with Gasteiger partial charge in [0.25, 0.3) is 0 Å². The van der Waals surface area contributed by atoms with Crippen LogP contribution >= 0.6 is 0 Å².